The summed E-state index contributed by atoms with van der Waals surface area (Å²) in [7, 11) is 0. The number of hydrogen-bond donors (Lipinski definition) is 4. The van der Waals surface area contributed by atoms with Crippen LogP contribution >= 0.6 is 0 Å². The summed E-state index contributed by atoms with van der Waals surface area (Å²) in [5, 5.41) is 33.0. The zero-order valence-corrected chi connectivity index (χ0v) is 22.6. The van der Waals surface area contributed by atoms with E-state index in [0.717, 1.165) is 11.1 Å². The molecule has 8 heteroatoms. The Bertz CT molecular complexity index is 1380. The van der Waals surface area contributed by atoms with Crippen LogP contribution in [0.4, 0.5) is 5.69 Å². The van der Waals surface area contributed by atoms with Crippen molar-refractivity contribution in [2.45, 2.75) is 25.1 Å². The quantitative estimate of drug-likeness (QED) is 0.181. The summed E-state index contributed by atoms with van der Waals surface area (Å²) in [4.78, 5) is 25.7. The summed E-state index contributed by atoms with van der Waals surface area (Å²) in [6.45, 7) is 0.871. The fourth-order valence-corrected chi connectivity index (χ4v) is 4.47. The molecule has 0 aliphatic carbocycles. The van der Waals surface area contributed by atoms with Gasteiger partial charge in [0.15, 0.2) is 0 Å². The van der Waals surface area contributed by atoms with E-state index in [0.29, 0.717) is 36.5 Å². The van der Waals surface area contributed by atoms with Gasteiger partial charge in [-0.3, -0.25) is 9.69 Å². The zero-order chi connectivity index (χ0) is 29.0. The highest BCUT2D eigenvalue weighted by atomic mass is 16.5. The molecule has 0 aromatic heterocycles. The summed E-state index contributed by atoms with van der Waals surface area (Å²) >= 11 is 0. The molecule has 4 rings (SSSR count). The fourth-order valence-electron chi connectivity index (χ4n) is 4.47. The number of hydrogen-bond acceptors (Lipinski definition) is 6. The van der Waals surface area contributed by atoms with Crippen LogP contribution in [0.2, 0.25) is 0 Å². The molecule has 0 radical (unpaired) electrons. The molecule has 0 saturated carbocycles. The van der Waals surface area contributed by atoms with E-state index in [4.69, 9.17) is 9.84 Å². The van der Waals surface area contributed by atoms with E-state index in [2.05, 4.69) is 10.2 Å². The molecular formula is C33H34N2O6. The molecule has 0 aliphatic rings. The second kappa shape index (κ2) is 14.8. The van der Waals surface area contributed by atoms with Gasteiger partial charge < -0.3 is 25.4 Å². The van der Waals surface area contributed by atoms with Crippen LogP contribution in [-0.4, -0.2) is 64.0 Å². The van der Waals surface area contributed by atoms with Crippen molar-refractivity contribution in [3.8, 4) is 5.75 Å². The zero-order valence-electron chi connectivity index (χ0n) is 22.6. The molecule has 2 atom stereocenters. The number of carbonyl (C=O) groups is 2. The van der Waals surface area contributed by atoms with E-state index in [9.17, 15) is 19.8 Å². The lowest BCUT2D eigenvalue weighted by molar-refractivity contribution is 0.0335. The third kappa shape index (κ3) is 9.01. The normalized spacial score (nSPS) is 12.5. The second-order valence-electron chi connectivity index (χ2n) is 9.77. The van der Waals surface area contributed by atoms with Gasteiger partial charge in [0.2, 0.25) is 0 Å². The molecule has 4 aromatic rings. The molecule has 41 heavy (non-hydrogen) atoms. The maximum absolute atomic E-state index is 12.6. The predicted molar refractivity (Wildman–Crippen MR) is 157 cm³/mol. The Hall–Kier alpha value is -4.50. The molecule has 0 saturated heterocycles. The Morgan fingerprint density at radius 3 is 2.00 bits per heavy atom. The van der Waals surface area contributed by atoms with Crippen molar-refractivity contribution in [1.29, 1.82) is 0 Å². The Balaban J connectivity index is 1.40. The topological polar surface area (TPSA) is 119 Å². The molecule has 2 unspecified atom stereocenters. The number of amides is 1. The second-order valence-corrected chi connectivity index (χ2v) is 9.77. The first-order chi connectivity index (χ1) is 19.9. The number of aliphatic hydroxyl groups is 2. The van der Waals surface area contributed by atoms with E-state index < -0.39 is 12.1 Å². The number of carboxylic acids is 1. The lowest BCUT2D eigenvalue weighted by Crippen LogP contribution is -2.44. The van der Waals surface area contributed by atoms with Gasteiger partial charge in [0.05, 0.1) is 12.2 Å². The summed E-state index contributed by atoms with van der Waals surface area (Å²) < 4.78 is 5.74. The Kier molecular flexibility index (Phi) is 10.6. The number of nitrogens with zero attached hydrogens (tertiary/aromatic N) is 1. The van der Waals surface area contributed by atoms with Crippen LogP contribution in [0.1, 0.15) is 31.8 Å². The van der Waals surface area contributed by atoms with Gasteiger partial charge in [0.25, 0.3) is 5.91 Å². The number of anilines is 1. The van der Waals surface area contributed by atoms with Gasteiger partial charge in [-0.25, -0.2) is 4.79 Å². The van der Waals surface area contributed by atoms with Crippen LogP contribution in [0.25, 0.3) is 0 Å². The number of aromatic carboxylic acids is 1. The van der Waals surface area contributed by atoms with Crippen molar-refractivity contribution in [3.05, 3.63) is 131 Å². The number of benzene rings is 4. The number of para-hydroxylation sites is 1. The van der Waals surface area contributed by atoms with Crippen LogP contribution in [0, 0.1) is 0 Å². The highest BCUT2D eigenvalue weighted by Gasteiger charge is 2.22. The lowest BCUT2D eigenvalue weighted by Gasteiger charge is -2.32. The number of nitrogens with one attached hydrogen (secondary N) is 1. The van der Waals surface area contributed by atoms with Gasteiger partial charge in [-0.15, -0.1) is 0 Å². The van der Waals surface area contributed by atoms with E-state index in [1.807, 2.05) is 72.8 Å². The third-order valence-electron chi connectivity index (χ3n) is 6.66. The molecule has 8 nitrogen and oxygen atoms in total. The predicted octanol–water partition coefficient (Wildman–Crippen LogP) is 4.48. The molecular weight excluding hydrogens is 520 g/mol. The average Bonchev–Trinajstić information content (AvgIpc) is 3.00. The lowest BCUT2D eigenvalue weighted by atomic mass is 10.0. The minimum atomic E-state index is -1.05. The van der Waals surface area contributed by atoms with Gasteiger partial charge >= 0.3 is 5.97 Å². The Morgan fingerprint density at radius 2 is 1.39 bits per heavy atom. The van der Waals surface area contributed by atoms with Crippen LogP contribution < -0.4 is 10.1 Å². The van der Waals surface area contributed by atoms with Gasteiger partial charge in [-0.1, -0.05) is 60.7 Å². The van der Waals surface area contributed by atoms with Crippen molar-refractivity contribution in [1.82, 2.24) is 4.90 Å². The molecule has 4 aromatic carbocycles. The van der Waals surface area contributed by atoms with Gasteiger partial charge in [0.1, 0.15) is 18.5 Å². The monoisotopic (exact) mass is 554 g/mol. The SMILES string of the molecule is O=C(O)c1ccc(C(=O)Nc2ccc(CC(CO)N(Cc3ccccc3)CC(O)COc3ccccc3)cc2)cc1. The smallest absolute Gasteiger partial charge is 0.335 e. The first kappa shape index (κ1) is 29.5. The standard InChI is InChI=1S/C33H34N2O6/c36-22-29(19-24-11-17-28(18-12-24)34-32(38)26-13-15-27(16-14-26)33(39)40)35(20-25-7-3-1-4-8-25)21-30(37)23-41-31-9-5-2-6-10-31/h1-18,29-30,36-37H,19-23H2,(H,34,38)(H,39,40). The largest absolute Gasteiger partial charge is 0.491 e. The summed E-state index contributed by atoms with van der Waals surface area (Å²) in [5.74, 6) is -0.709. The number of aliphatic hydroxyl groups excluding tert-OH is 2. The summed E-state index contributed by atoms with van der Waals surface area (Å²) in [6, 6.07) is 32.0. The molecule has 0 aliphatic heterocycles. The summed E-state index contributed by atoms with van der Waals surface area (Å²) in [5.41, 5.74) is 3.08. The number of rotatable bonds is 14. The Labute approximate surface area is 239 Å². The van der Waals surface area contributed by atoms with E-state index in [1.165, 1.54) is 24.3 Å². The minimum Gasteiger partial charge on any atom is -0.491 e. The van der Waals surface area contributed by atoms with Crippen molar-refractivity contribution < 1.29 is 29.6 Å². The minimum absolute atomic E-state index is 0.107. The molecule has 0 heterocycles. The molecule has 0 bridgehead atoms. The maximum atomic E-state index is 12.6. The van der Waals surface area contributed by atoms with E-state index in [-0.39, 0.29) is 30.7 Å². The average molecular weight is 555 g/mol. The number of ether oxygens (including phenoxy) is 1. The van der Waals surface area contributed by atoms with Crippen molar-refractivity contribution in [3.63, 3.8) is 0 Å². The molecule has 1 amide bonds. The van der Waals surface area contributed by atoms with Crippen molar-refractivity contribution in [2.75, 3.05) is 25.1 Å². The van der Waals surface area contributed by atoms with Gasteiger partial charge in [-0.2, -0.15) is 0 Å². The third-order valence-corrected chi connectivity index (χ3v) is 6.66. The van der Waals surface area contributed by atoms with Crippen LogP contribution in [0.5, 0.6) is 5.75 Å². The van der Waals surface area contributed by atoms with Gasteiger partial charge in [-0.05, 0) is 66.1 Å². The Morgan fingerprint density at radius 1 is 0.780 bits per heavy atom. The first-order valence-electron chi connectivity index (χ1n) is 13.4. The van der Waals surface area contributed by atoms with Crippen LogP contribution in [0.15, 0.2) is 109 Å². The molecule has 212 valence electrons. The van der Waals surface area contributed by atoms with Crippen molar-refractivity contribution in [2.24, 2.45) is 0 Å². The van der Waals surface area contributed by atoms with E-state index >= 15 is 0 Å². The summed E-state index contributed by atoms with van der Waals surface area (Å²) in [6.07, 6.45) is -0.240. The molecule has 0 fully saturated rings. The maximum Gasteiger partial charge on any atom is 0.335 e. The molecule has 4 N–H and O–H groups in total. The fraction of sp³-hybridized carbons (Fsp3) is 0.212. The number of carbonyl (C=O) groups excluding carboxylic acids is 1. The first-order valence-corrected chi connectivity index (χ1v) is 13.4. The van der Waals surface area contributed by atoms with Crippen LogP contribution in [-0.2, 0) is 13.0 Å². The highest BCUT2D eigenvalue weighted by Crippen LogP contribution is 2.18. The van der Waals surface area contributed by atoms with E-state index in [1.54, 1.807) is 12.1 Å². The van der Waals surface area contributed by atoms with Crippen LogP contribution in [0.3, 0.4) is 0 Å². The van der Waals surface area contributed by atoms with Crippen molar-refractivity contribution >= 4 is 17.6 Å². The number of carboxylic acid groups (broad SMARTS) is 1. The highest BCUT2D eigenvalue weighted by molar-refractivity contribution is 6.04. The van der Waals surface area contributed by atoms with Gasteiger partial charge in [0, 0.05) is 30.4 Å². The molecule has 0 spiro atoms.